The quantitative estimate of drug-likeness (QED) is 0.827. The van der Waals surface area contributed by atoms with Crippen LogP contribution in [0, 0.1) is 5.92 Å². The first-order valence-corrected chi connectivity index (χ1v) is 5.87. The summed E-state index contributed by atoms with van der Waals surface area (Å²) in [4.78, 5) is 15.8. The molecule has 1 aromatic rings. The third-order valence-corrected chi connectivity index (χ3v) is 2.95. The van der Waals surface area contributed by atoms with Crippen molar-refractivity contribution in [1.29, 1.82) is 0 Å². The predicted octanol–water partition coefficient (Wildman–Crippen LogP) is 1.59. The van der Waals surface area contributed by atoms with E-state index >= 15 is 0 Å². The summed E-state index contributed by atoms with van der Waals surface area (Å²) in [5.74, 6) is -0.0443. The van der Waals surface area contributed by atoms with Crippen LogP contribution in [0.15, 0.2) is 22.9 Å². The van der Waals surface area contributed by atoms with Gasteiger partial charge in [-0.1, -0.05) is 13.8 Å². The van der Waals surface area contributed by atoms with Crippen LogP contribution in [0.4, 0.5) is 0 Å². The van der Waals surface area contributed by atoms with Gasteiger partial charge >= 0.3 is 0 Å². The van der Waals surface area contributed by atoms with Crippen molar-refractivity contribution in [3.63, 3.8) is 0 Å². The summed E-state index contributed by atoms with van der Waals surface area (Å²) in [6.45, 7) is 3.82. The fourth-order valence-corrected chi connectivity index (χ4v) is 1.66. The van der Waals surface area contributed by atoms with Crippen LogP contribution >= 0.6 is 15.9 Å². The molecular formula is C11H15BrN2O2. The molecule has 4 nitrogen and oxygen atoms in total. The minimum absolute atomic E-state index is 0.0682. The minimum atomic E-state index is -0.236. The van der Waals surface area contributed by atoms with Crippen LogP contribution in [-0.4, -0.2) is 28.6 Å². The number of amides is 1. The van der Waals surface area contributed by atoms with E-state index in [4.69, 9.17) is 5.11 Å². The number of carbonyl (C=O) groups excluding carboxylic acids is 1. The number of aliphatic hydroxyl groups excluding tert-OH is 1. The highest BCUT2D eigenvalue weighted by atomic mass is 79.9. The average Bonchev–Trinajstić information content (AvgIpc) is 2.25. The number of nitrogens with one attached hydrogen (secondary N) is 1. The van der Waals surface area contributed by atoms with Gasteiger partial charge in [0.05, 0.1) is 18.2 Å². The molecule has 88 valence electrons. The van der Waals surface area contributed by atoms with Gasteiger partial charge in [0.15, 0.2) is 0 Å². The Hall–Kier alpha value is -0.940. The van der Waals surface area contributed by atoms with Gasteiger partial charge in [0, 0.05) is 6.20 Å². The van der Waals surface area contributed by atoms with E-state index in [0.717, 1.165) is 0 Å². The van der Waals surface area contributed by atoms with Crippen LogP contribution < -0.4 is 5.32 Å². The first-order chi connectivity index (χ1) is 7.56. The van der Waals surface area contributed by atoms with Gasteiger partial charge in [-0.25, -0.2) is 4.98 Å². The lowest BCUT2D eigenvalue weighted by Crippen LogP contribution is -2.41. The maximum atomic E-state index is 11.8. The second-order valence-electron chi connectivity index (χ2n) is 3.85. The van der Waals surface area contributed by atoms with Gasteiger partial charge in [-0.2, -0.15) is 0 Å². The molecule has 16 heavy (non-hydrogen) atoms. The molecule has 1 rings (SSSR count). The average molecular weight is 287 g/mol. The Balaban J connectivity index is 2.76. The first-order valence-electron chi connectivity index (χ1n) is 5.08. The Bertz CT molecular complexity index is 369. The van der Waals surface area contributed by atoms with Crippen molar-refractivity contribution in [3.8, 4) is 0 Å². The number of carbonyl (C=O) groups is 1. The standard InChI is InChI=1S/C11H15BrN2O2/c1-7(2)9(6-15)14-11(16)8-4-3-5-13-10(8)12/h3-5,7,9,15H,6H2,1-2H3,(H,14,16)/t9-/m1/s1. The van der Waals surface area contributed by atoms with Crippen LogP contribution in [0.5, 0.6) is 0 Å². The van der Waals surface area contributed by atoms with Crippen LogP contribution in [0.2, 0.25) is 0 Å². The summed E-state index contributed by atoms with van der Waals surface area (Å²) >= 11 is 3.21. The highest BCUT2D eigenvalue weighted by Crippen LogP contribution is 2.13. The summed E-state index contributed by atoms with van der Waals surface area (Å²) in [6.07, 6.45) is 1.60. The van der Waals surface area contributed by atoms with E-state index in [2.05, 4.69) is 26.2 Å². The Labute approximate surface area is 103 Å². The topological polar surface area (TPSA) is 62.2 Å². The molecule has 0 bridgehead atoms. The van der Waals surface area contributed by atoms with Gasteiger partial charge < -0.3 is 10.4 Å². The monoisotopic (exact) mass is 286 g/mol. The fraction of sp³-hybridized carbons (Fsp3) is 0.455. The van der Waals surface area contributed by atoms with E-state index in [1.807, 2.05) is 13.8 Å². The summed E-state index contributed by atoms with van der Waals surface area (Å²) < 4.78 is 0.507. The third-order valence-electron chi connectivity index (χ3n) is 2.32. The molecule has 0 fully saturated rings. The van der Waals surface area contributed by atoms with Gasteiger partial charge in [-0.3, -0.25) is 4.79 Å². The second kappa shape index (κ2) is 5.96. The molecule has 0 aromatic carbocycles. The lowest BCUT2D eigenvalue weighted by Gasteiger charge is -2.19. The lowest BCUT2D eigenvalue weighted by molar-refractivity contribution is 0.0895. The number of nitrogens with zero attached hydrogens (tertiary/aromatic N) is 1. The number of hydrogen-bond donors (Lipinski definition) is 2. The molecule has 0 spiro atoms. The fourth-order valence-electron chi connectivity index (χ4n) is 1.22. The van der Waals surface area contributed by atoms with Gasteiger partial charge in [-0.05, 0) is 34.0 Å². The van der Waals surface area contributed by atoms with Crippen molar-refractivity contribution >= 4 is 21.8 Å². The van der Waals surface area contributed by atoms with Crippen molar-refractivity contribution in [2.45, 2.75) is 19.9 Å². The van der Waals surface area contributed by atoms with Crippen molar-refractivity contribution in [3.05, 3.63) is 28.5 Å². The molecule has 0 unspecified atom stereocenters. The highest BCUT2D eigenvalue weighted by Gasteiger charge is 2.17. The molecule has 1 aromatic heterocycles. The SMILES string of the molecule is CC(C)[C@@H](CO)NC(=O)c1cccnc1Br. The summed E-state index contributed by atoms with van der Waals surface area (Å²) in [7, 11) is 0. The van der Waals surface area contributed by atoms with Crippen molar-refractivity contribution in [1.82, 2.24) is 10.3 Å². The smallest absolute Gasteiger partial charge is 0.254 e. The van der Waals surface area contributed by atoms with E-state index in [1.165, 1.54) is 0 Å². The molecular weight excluding hydrogens is 272 g/mol. The van der Waals surface area contributed by atoms with Gasteiger partial charge in [0.1, 0.15) is 4.60 Å². The number of halogens is 1. The molecule has 0 saturated heterocycles. The molecule has 0 aliphatic rings. The maximum Gasteiger partial charge on any atom is 0.254 e. The molecule has 0 aliphatic carbocycles. The largest absolute Gasteiger partial charge is 0.394 e. The summed E-state index contributed by atoms with van der Waals surface area (Å²) in [5, 5.41) is 11.9. The van der Waals surface area contributed by atoms with Gasteiger partial charge in [0.2, 0.25) is 0 Å². The van der Waals surface area contributed by atoms with Crippen LogP contribution in [-0.2, 0) is 0 Å². The van der Waals surface area contributed by atoms with E-state index in [1.54, 1.807) is 18.3 Å². The van der Waals surface area contributed by atoms with E-state index in [-0.39, 0.29) is 24.5 Å². The first kappa shape index (κ1) is 13.1. The number of pyridine rings is 1. The molecule has 0 radical (unpaired) electrons. The number of rotatable bonds is 4. The van der Waals surface area contributed by atoms with Crippen LogP contribution in [0.1, 0.15) is 24.2 Å². The molecule has 1 heterocycles. The Kier molecular flexibility index (Phi) is 4.89. The molecule has 5 heteroatoms. The zero-order valence-corrected chi connectivity index (χ0v) is 10.9. The number of hydrogen-bond acceptors (Lipinski definition) is 3. The van der Waals surface area contributed by atoms with Gasteiger partial charge in [-0.15, -0.1) is 0 Å². The normalized spacial score (nSPS) is 12.6. The summed E-state index contributed by atoms with van der Waals surface area (Å²) in [5.41, 5.74) is 0.474. The van der Waals surface area contributed by atoms with Crippen LogP contribution in [0.25, 0.3) is 0 Å². The minimum Gasteiger partial charge on any atom is -0.394 e. The van der Waals surface area contributed by atoms with E-state index < -0.39 is 0 Å². The summed E-state index contributed by atoms with van der Waals surface area (Å²) in [6, 6.07) is 3.14. The predicted molar refractivity (Wildman–Crippen MR) is 65.1 cm³/mol. The zero-order chi connectivity index (χ0) is 12.1. The van der Waals surface area contributed by atoms with E-state index in [0.29, 0.717) is 10.2 Å². The Morgan fingerprint density at radius 3 is 2.81 bits per heavy atom. The maximum absolute atomic E-state index is 11.8. The molecule has 2 N–H and O–H groups in total. The zero-order valence-electron chi connectivity index (χ0n) is 9.27. The Morgan fingerprint density at radius 1 is 1.62 bits per heavy atom. The highest BCUT2D eigenvalue weighted by molar-refractivity contribution is 9.10. The van der Waals surface area contributed by atoms with Crippen LogP contribution in [0.3, 0.4) is 0 Å². The van der Waals surface area contributed by atoms with Crippen molar-refractivity contribution < 1.29 is 9.90 Å². The molecule has 0 saturated carbocycles. The molecule has 1 atom stereocenters. The number of aromatic nitrogens is 1. The molecule has 0 aliphatic heterocycles. The van der Waals surface area contributed by atoms with Crippen molar-refractivity contribution in [2.24, 2.45) is 5.92 Å². The lowest BCUT2D eigenvalue weighted by atomic mass is 10.1. The molecule has 1 amide bonds. The van der Waals surface area contributed by atoms with Crippen molar-refractivity contribution in [2.75, 3.05) is 6.61 Å². The Morgan fingerprint density at radius 2 is 2.31 bits per heavy atom. The third kappa shape index (κ3) is 3.28. The van der Waals surface area contributed by atoms with Gasteiger partial charge in [0.25, 0.3) is 5.91 Å². The second-order valence-corrected chi connectivity index (χ2v) is 4.60. The number of aliphatic hydroxyl groups is 1. The van der Waals surface area contributed by atoms with E-state index in [9.17, 15) is 4.79 Å².